The highest BCUT2D eigenvalue weighted by Gasteiger charge is 2.37. The Morgan fingerprint density at radius 2 is 2.10 bits per heavy atom. The van der Waals surface area contributed by atoms with E-state index in [0.29, 0.717) is 12.0 Å². The zero-order valence-electron chi connectivity index (χ0n) is 13.5. The standard InChI is InChI=1S/C19H29NO/c1-3-14-8-7-9-15(12-14)19(20-4-2)17-13-21-18-11-6-5-10-16(17)18/h5-6,10-11,14-15,17,19-20H,3-4,7-9,12-13H2,1-2H3. The predicted molar refractivity (Wildman–Crippen MR) is 87.9 cm³/mol. The molecule has 0 aromatic heterocycles. The Kier molecular flexibility index (Phi) is 4.84. The van der Waals surface area contributed by atoms with E-state index in [0.717, 1.165) is 30.7 Å². The molecule has 0 saturated heterocycles. The van der Waals surface area contributed by atoms with Crippen LogP contribution in [0.25, 0.3) is 0 Å². The highest BCUT2D eigenvalue weighted by molar-refractivity contribution is 5.40. The molecule has 116 valence electrons. The Hall–Kier alpha value is -1.02. The number of fused-ring (bicyclic) bond motifs is 1. The smallest absolute Gasteiger partial charge is 0.122 e. The number of para-hydroxylation sites is 1. The van der Waals surface area contributed by atoms with Gasteiger partial charge in [-0.05, 0) is 37.3 Å². The summed E-state index contributed by atoms with van der Waals surface area (Å²) in [6.07, 6.45) is 6.96. The van der Waals surface area contributed by atoms with E-state index in [1.807, 2.05) is 0 Å². The van der Waals surface area contributed by atoms with E-state index in [4.69, 9.17) is 4.74 Å². The minimum absolute atomic E-state index is 0.529. The maximum atomic E-state index is 5.94. The SMILES string of the molecule is CCNC(C1CCCC(CC)C1)C1COc2ccccc21. The second kappa shape index (κ2) is 6.83. The normalized spacial score (nSPS) is 29.7. The zero-order valence-corrected chi connectivity index (χ0v) is 13.5. The summed E-state index contributed by atoms with van der Waals surface area (Å²) >= 11 is 0. The van der Waals surface area contributed by atoms with Gasteiger partial charge in [0, 0.05) is 17.5 Å². The Labute approximate surface area is 129 Å². The van der Waals surface area contributed by atoms with E-state index in [-0.39, 0.29) is 0 Å². The average molecular weight is 287 g/mol. The molecule has 1 fully saturated rings. The molecule has 0 radical (unpaired) electrons. The molecular formula is C19H29NO. The van der Waals surface area contributed by atoms with Crippen molar-refractivity contribution in [3.05, 3.63) is 29.8 Å². The fraction of sp³-hybridized carbons (Fsp3) is 0.684. The van der Waals surface area contributed by atoms with Crippen LogP contribution < -0.4 is 10.1 Å². The van der Waals surface area contributed by atoms with E-state index in [1.54, 1.807) is 0 Å². The topological polar surface area (TPSA) is 21.3 Å². The molecule has 1 aromatic carbocycles. The molecule has 1 aromatic rings. The van der Waals surface area contributed by atoms with Gasteiger partial charge in [-0.1, -0.05) is 51.3 Å². The van der Waals surface area contributed by atoms with Crippen LogP contribution in [0, 0.1) is 11.8 Å². The Morgan fingerprint density at radius 1 is 1.24 bits per heavy atom. The van der Waals surface area contributed by atoms with E-state index >= 15 is 0 Å². The molecule has 1 heterocycles. The average Bonchev–Trinajstić information content (AvgIpc) is 2.96. The summed E-state index contributed by atoms with van der Waals surface area (Å²) < 4.78 is 5.94. The lowest BCUT2D eigenvalue weighted by Gasteiger charge is -2.37. The summed E-state index contributed by atoms with van der Waals surface area (Å²) in [4.78, 5) is 0. The summed E-state index contributed by atoms with van der Waals surface area (Å²) in [7, 11) is 0. The molecule has 1 aliphatic heterocycles. The van der Waals surface area contributed by atoms with Crippen LogP contribution >= 0.6 is 0 Å². The maximum Gasteiger partial charge on any atom is 0.122 e. The molecule has 2 aliphatic rings. The van der Waals surface area contributed by atoms with Gasteiger partial charge in [0.25, 0.3) is 0 Å². The van der Waals surface area contributed by atoms with Gasteiger partial charge < -0.3 is 10.1 Å². The van der Waals surface area contributed by atoms with Crippen molar-refractivity contribution in [2.45, 2.75) is 57.9 Å². The molecule has 2 heteroatoms. The van der Waals surface area contributed by atoms with Crippen LogP contribution in [-0.2, 0) is 0 Å². The van der Waals surface area contributed by atoms with Gasteiger partial charge in [0.05, 0.1) is 6.61 Å². The third-order valence-corrected chi connectivity index (χ3v) is 5.52. The molecule has 1 aliphatic carbocycles. The van der Waals surface area contributed by atoms with Crippen LogP contribution in [0.15, 0.2) is 24.3 Å². The monoisotopic (exact) mass is 287 g/mol. The third kappa shape index (κ3) is 3.11. The van der Waals surface area contributed by atoms with Crippen molar-refractivity contribution in [2.75, 3.05) is 13.2 Å². The van der Waals surface area contributed by atoms with E-state index in [2.05, 4.69) is 43.4 Å². The van der Waals surface area contributed by atoms with Crippen LogP contribution in [0.1, 0.15) is 57.4 Å². The number of benzene rings is 1. The number of hydrogen-bond donors (Lipinski definition) is 1. The summed E-state index contributed by atoms with van der Waals surface area (Å²) in [6.45, 7) is 6.49. The Morgan fingerprint density at radius 3 is 2.90 bits per heavy atom. The molecule has 0 amide bonds. The number of ether oxygens (including phenoxy) is 1. The number of rotatable bonds is 5. The van der Waals surface area contributed by atoms with Gasteiger partial charge in [-0.3, -0.25) is 0 Å². The van der Waals surface area contributed by atoms with Gasteiger partial charge >= 0.3 is 0 Å². The summed E-state index contributed by atoms with van der Waals surface area (Å²) in [5.74, 6) is 3.38. The van der Waals surface area contributed by atoms with Crippen molar-refractivity contribution >= 4 is 0 Å². The van der Waals surface area contributed by atoms with Crippen LogP contribution in [0.3, 0.4) is 0 Å². The molecule has 21 heavy (non-hydrogen) atoms. The van der Waals surface area contributed by atoms with Gasteiger partial charge in [-0.15, -0.1) is 0 Å². The van der Waals surface area contributed by atoms with Gasteiger partial charge in [0.2, 0.25) is 0 Å². The van der Waals surface area contributed by atoms with Crippen molar-refractivity contribution in [1.82, 2.24) is 5.32 Å². The van der Waals surface area contributed by atoms with Gasteiger partial charge in [-0.25, -0.2) is 0 Å². The van der Waals surface area contributed by atoms with E-state index < -0.39 is 0 Å². The molecule has 4 unspecified atom stereocenters. The molecule has 0 spiro atoms. The zero-order chi connectivity index (χ0) is 14.7. The predicted octanol–water partition coefficient (Wildman–Crippen LogP) is 4.36. The van der Waals surface area contributed by atoms with Crippen LogP contribution in [-0.4, -0.2) is 19.2 Å². The van der Waals surface area contributed by atoms with Crippen molar-refractivity contribution in [3.8, 4) is 5.75 Å². The molecule has 1 saturated carbocycles. The number of hydrogen-bond acceptors (Lipinski definition) is 2. The first-order valence-electron chi connectivity index (χ1n) is 8.78. The summed E-state index contributed by atoms with van der Waals surface area (Å²) in [6, 6.07) is 9.19. The molecule has 0 bridgehead atoms. The molecule has 1 N–H and O–H groups in total. The lowest BCUT2D eigenvalue weighted by atomic mass is 9.72. The summed E-state index contributed by atoms with van der Waals surface area (Å²) in [5.41, 5.74) is 1.42. The van der Waals surface area contributed by atoms with E-state index in [1.165, 1.54) is 37.7 Å². The van der Waals surface area contributed by atoms with Crippen molar-refractivity contribution in [2.24, 2.45) is 11.8 Å². The Bertz CT molecular complexity index is 459. The maximum absolute atomic E-state index is 5.94. The second-order valence-electron chi connectivity index (χ2n) is 6.74. The highest BCUT2D eigenvalue weighted by Crippen LogP contribution is 2.42. The largest absolute Gasteiger partial charge is 0.493 e. The van der Waals surface area contributed by atoms with Gasteiger partial charge in [0.1, 0.15) is 5.75 Å². The Balaban J connectivity index is 1.79. The van der Waals surface area contributed by atoms with Crippen LogP contribution in [0.5, 0.6) is 5.75 Å². The first kappa shape index (κ1) is 14.9. The molecule has 2 nitrogen and oxygen atoms in total. The highest BCUT2D eigenvalue weighted by atomic mass is 16.5. The van der Waals surface area contributed by atoms with E-state index in [9.17, 15) is 0 Å². The van der Waals surface area contributed by atoms with Crippen LogP contribution in [0.4, 0.5) is 0 Å². The fourth-order valence-electron chi connectivity index (χ4n) is 4.39. The molecular weight excluding hydrogens is 258 g/mol. The second-order valence-corrected chi connectivity index (χ2v) is 6.74. The first-order valence-corrected chi connectivity index (χ1v) is 8.78. The quantitative estimate of drug-likeness (QED) is 0.869. The third-order valence-electron chi connectivity index (χ3n) is 5.52. The molecule has 4 atom stereocenters. The van der Waals surface area contributed by atoms with Crippen molar-refractivity contribution in [3.63, 3.8) is 0 Å². The minimum atomic E-state index is 0.529. The minimum Gasteiger partial charge on any atom is -0.493 e. The van der Waals surface area contributed by atoms with Crippen molar-refractivity contribution < 1.29 is 4.74 Å². The first-order chi connectivity index (χ1) is 10.3. The lowest BCUT2D eigenvalue weighted by Crippen LogP contribution is -2.43. The van der Waals surface area contributed by atoms with Gasteiger partial charge in [-0.2, -0.15) is 0 Å². The molecule has 3 rings (SSSR count). The fourth-order valence-corrected chi connectivity index (χ4v) is 4.39. The van der Waals surface area contributed by atoms with Crippen LogP contribution in [0.2, 0.25) is 0 Å². The van der Waals surface area contributed by atoms with Crippen molar-refractivity contribution in [1.29, 1.82) is 0 Å². The number of nitrogens with one attached hydrogen (secondary N) is 1. The number of likely N-dealkylation sites (N-methyl/N-ethyl adjacent to an activating group) is 1. The summed E-state index contributed by atoms with van der Waals surface area (Å²) in [5, 5.41) is 3.80. The lowest BCUT2D eigenvalue weighted by molar-refractivity contribution is 0.178. The van der Waals surface area contributed by atoms with Gasteiger partial charge in [0.15, 0.2) is 0 Å².